The average molecular weight is 493 g/mol. The lowest BCUT2D eigenvalue weighted by Gasteiger charge is -2.31. The molecule has 0 radical (unpaired) electrons. The summed E-state index contributed by atoms with van der Waals surface area (Å²) in [6.45, 7) is 0.931. The van der Waals surface area contributed by atoms with Crippen molar-refractivity contribution >= 4 is 38.7 Å². The Labute approximate surface area is 196 Å². The van der Waals surface area contributed by atoms with Gasteiger partial charge in [0.1, 0.15) is 5.82 Å². The second kappa shape index (κ2) is 9.84. The number of fused-ring (bicyclic) bond motifs is 1. The topological polar surface area (TPSA) is 124 Å². The Kier molecular flexibility index (Phi) is 6.87. The van der Waals surface area contributed by atoms with E-state index in [-0.39, 0.29) is 18.2 Å². The Balaban J connectivity index is 1.61. The summed E-state index contributed by atoms with van der Waals surface area (Å²) >= 11 is 0. The first kappa shape index (κ1) is 23.7. The van der Waals surface area contributed by atoms with Crippen LogP contribution in [0.5, 0.6) is 11.5 Å². The number of aromatic nitrogens is 2. The summed E-state index contributed by atoms with van der Waals surface area (Å²) in [5.41, 5.74) is 0.544. The van der Waals surface area contributed by atoms with Crippen molar-refractivity contribution in [3.63, 3.8) is 0 Å². The molecule has 0 unspecified atom stereocenters. The first-order valence-corrected chi connectivity index (χ1v) is 12.3. The van der Waals surface area contributed by atoms with Crippen molar-refractivity contribution in [2.24, 2.45) is 5.92 Å². The molecular weight excluding hydrogens is 467 g/mol. The largest absolute Gasteiger partial charge is 0.493 e. The minimum atomic E-state index is -4.64. The van der Waals surface area contributed by atoms with Crippen molar-refractivity contribution < 1.29 is 31.0 Å². The van der Waals surface area contributed by atoms with Crippen LogP contribution in [0.2, 0.25) is 0 Å². The molecule has 34 heavy (non-hydrogen) atoms. The lowest BCUT2D eigenvalue weighted by molar-refractivity contribution is 0.0871. The molecule has 1 aliphatic heterocycles. The molecule has 0 spiro atoms. The normalized spacial score (nSPS) is 14.9. The van der Waals surface area contributed by atoms with Crippen LogP contribution in [0.1, 0.15) is 23.4 Å². The fourth-order valence-electron chi connectivity index (χ4n) is 3.97. The summed E-state index contributed by atoms with van der Waals surface area (Å²) in [5.74, 6) is 1.17. The number of hydrogen-bond acceptors (Lipinski definition) is 10. The van der Waals surface area contributed by atoms with Gasteiger partial charge in [-0.15, -0.1) is 3.89 Å². The summed E-state index contributed by atoms with van der Waals surface area (Å²) in [5, 5.41) is 3.47. The van der Waals surface area contributed by atoms with Crippen molar-refractivity contribution in [1.29, 1.82) is 0 Å². The number of carbonyl (C=O) groups excluding carboxylic acids is 1. The quantitative estimate of drug-likeness (QED) is 0.352. The van der Waals surface area contributed by atoms with E-state index in [2.05, 4.69) is 15.3 Å². The summed E-state index contributed by atoms with van der Waals surface area (Å²) in [7, 11) is -1.63. The van der Waals surface area contributed by atoms with Gasteiger partial charge in [0.25, 0.3) is 0 Å². The fraction of sp³-hybridized carbons (Fsp3) is 0.409. The molecule has 182 valence electrons. The van der Waals surface area contributed by atoms with Gasteiger partial charge in [0.15, 0.2) is 17.3 Å². The molecule has 1 aliphatic rings. The number of nitrogens with one attached hydrogen (secondary N) is 1. The van der Waals surface area contributed by atoms with E-state index in [1.54, 1.807) is 24.3 Å². The van der Waals surface area contributed by atoms with E-state index in [1.807, 2.05) is 4.90 Å². The molecular formula is C22H25FN4O6S. The number of rotatable bonds is 9. The van der Waals surface area contributed by atoms with Gasteiger partial charge >= 0.3 is 10.2 Å². The molecule has 10 nitrogen and oxygen atoms in total. The highest BCUT2D eigenvalue weighted by molar-refractivity contribution is 7.86. The van der Waals surface area contributed by atoms with E-state index in [9.17, 15) is 17.1 Å². The van der Waals surface area contributed by atoms with Gasteiger partial charge in [-0.3, -0.25) is 4.79 Å². The summed E-state index contributed by atoms with van der Waals surface area (Å²) in [4.78, 5) is 23.8. The van der Waals surface area contributed by atoms with E-state index in [4.69, 9.17) is 13.9 Å². The SMILES string of the molecule is COc1cc2nc(N3CCC(C(=O)c4ccco4)CC3)nc(NCCS(=O)(=O)F)c2cc1OC. The number of ketones is 1. The third-order valence-corrected chi connectivity index (χ3v) is 6.43. The Morgan fingerprint density at radius 2 is 1.91 bits per heavy atom. The Hall–Kier alpha value is -3.41. The summed E-state index contributed by atoms with van der Waals surface area (Å²) < 4.78 is 50.9. The smallest absolute Gasteiger partial charge is 0.304 e. The van der Waals surface area contributed by atoms with Crippen molar-refractivity contribution in [2.75, 3.05) is 49.8 Å². The lowest BCUT2D eigenvalue weighted by atomic mass is 9.91. The zero-order valence-corrected chi connectivity index (χ0v) is 19.6. The number of piperidine rings is 1. The van der Waals surface area contributed by atoms with Crippen LogP contribution in [0.3, 0.4) is 0 Å². The van der Waals surface area contributed by atoms with Crippen LogP contribution < -0.4 is 19.7 Å². The lowest BCUT2D eigenvalue weighted by Crippen LogP contribution is -2.37. The molecule has 2 aromatic heterocycles. The van der Waals surface area contributed by atoms with Gasteiger partial charge in [-0.25, -0.2) is 4.98 Å². The Morgan fingerprint density at radius 3 is 2.53 bits per heavy atom. The van der Waals surface area contributed by atoms with Crippen molar-refractivity contribution in [3.8, 4) is 11.5 Å². The highest BCUT2D eigenvalue weighted by Crippen LogP contribution is 2.35. The molecule has 3 aromatic rings. The maximum absolute atomic E-state index is 13.0. The number of halogens is 1. The number of hydrogen-bond donors (Lipinski definition) is 1. The molecule has 3 heterocycles. The zero-order chi connectivity index (χ0) is 24.3. The van der Waals surface area contributed by atoms with Gasteiger partial charge in [0.2, 0.25) is 11.7 Å². The van der Waals surface area contributed by atoms with Crippen LogP contribution in [0, 0.1) is 5.92 Å². The first-order chi connectivity index (χ1) is 16.3. The van der Waals surface area contributed by atoms with Crippen molar-refractivity contribution in [2.45, 2.75) is 12.8 Å². The number of furan rings is 1. The molecule has 0 amide bonds. The highest BCUT2D eigenvalue weighted by Gasteiger charge is 2.29. The maximum atomic E-state index is 13.0. The zero-order valence-electron chi connectivity index (χ0n) is 18.8. The van der Waals surface area contributed by atoms with Crippen LogP contribution in [-0.2, 0) is 10.2 Å². The molecule has 1 N–H and O–H groups in total. The maximum Gasteiger partial charge on any atom is 0.304 e. The van der Waals surface area contributed by atoms with Gasteiger partial charge in [0, 0.05) is 37.0 Å². The van der Waals surface area contributed by atoms with Crippen LogP contribution in [0.25, 0.3) is 10.9 Å². The average Bonchev–Trinajstić information content (AvgIpc) is 3.37. The summed E-state index contributed by atoms with van der Waals surface area (Å²) in [6, 6.07) is 6.73. The van der Waals surface area contributed by atoms with Gasteiger partial charge in [-0.05, 0) is 31.0 Å². The summed E-state index contributed by atoms with van der Waals surface area (Å²) in [6.07, 6.45) is 2.70. The molecule has 12 heteroatoms. The highest BCUT2D eigenvalue weighted by atomic mass is 32.3. The minimum Gasteiger partial charge on any atom is -0.493 e. The van der Waals surface area contributed by atoms with Gasteiger partial charge in [0.05, 0.1) is 31.8 Å². The number of anilines is 2. The molecule has 0 bridgehead atoms. The minimum absolute atomic E-state index is 0.0179. The van der Waals surface area contributed by atoms with Crippen LogP contribution >= 0.6 is 0 Å². The number of ether oxygens (including phenoxy) is 2. The van der Waals surface area contributed by atoms with Gasteiger partial charge in [-0.1, -0.05) is 0 Å². The molecule has 1 fully saturated rings. The van der Waals surface area contributed by atoms with Crippen molar-refractivity contribution in [3.05, 3.63) is 36.3 Å². The standard InChI is InChI=1S/C22H25FN4O6S/c1-31-18-12-15-16(13-19(18)32-2)25-22(26-21(15)24-7-11-34(23,29)30)27-8-5-14(6-9-27)20(28)17-4-3-10-33-17/h3-4,10,12-14H,5-9,11H2,1-2H3,(H,24,25,26). The van der Waals surface area contributed by atoms with E-state index in [0.29, 0.717) is 65.9 Å². The fourth-order valence-corrected chi connectivity index (χ4v) is 4.32. The Morgan fingerprint density at radius 1 is 1.21 bits per heavy atom. The van der Waals surface area contributed by atoms with Crippen molar-refractivity contribution in [1.82, 2.24) is 9.97 Å². The predicted molar refractivity (Wildman–Crippen MR) is 124 cm³/mol. The number of methoxy groups -OCH3 is 2. The van der Waals surface area contributed by atoms with E-state index in [1.165, 1.54) is 20.5 Å². The molecule has 0 saturated carbocycles. The van der Waals surface area contributed by atoms with Crippen LogP contribution in [0.4, 0.5) is 15.7 Å². The van der Waals surface area contributed by atoms with E-state index >= 15 is 0 Å². The number of carbonyl (C=O) groups is 1. The van der Waals surface area contributed by atoms with Gasteiger partial charge in [-0.2, -0.15) is 13.4 Å². The molecule has 0 aliphatic carbocycles. The predicted octanol–water partition coefficient (Wildman–Crippen LogP) is 3.05. The number of Topliss-reactive ketones (excluding diaryl/α,β-unsaturated/α-hetero) is 1. The third kappa shape index (κ3) is 5.22. The van der Waals surface area contributed by atoms with Crippen LogP contribution in [-0.4, -0.2) is 63.8 Å². The number of nitrogens with zero attached hydrogens (tertiary/aromatic N) is 3. The first-order valence-electron chi connectivity index (χ1n) is 10.7. The monoisotopic (exact) mass is 492 g/mol. The van der Waals surface area contributed by atoms with Crippen LogP contribution in [0.15, 0.2) is 34.9 Å². The molecule has 1 aromatic carbocycles. The second-order valence-electron chi connectivity index (χ2n) is 7.87. The third-order valence-electron chi connectivity index (χ3n) is 5.74. The number of benzene rings is 1. The second-order valence-corrected chi connectivity index (χ2v) is 9.36. The van der Waals surface area contributed by atoms with E-state index < -0.39 is 16.0 Å². The Bertz CT molecular complexity index is 1270. The van der Waals surface area contributed by atoms with E-state index in [0.717, 1.165) is 0 Å². The molecule has 4 rings (SSSR count). The molecule has 0 atom stereocenters. The molecule has 1 saturated heterocycles. The van der Waals surface area contributed by atoms with Gasteiger partial charge < -0.3 is 24.1 Å².